The minimum atomic E-state index is -3.12. The second kappa shape index (κ2) is 9.84. The summed E-state index contributed by atoms with van der Waals surface area (Å²) < 4.78 is 49.8. The molecule has 3 aliphatic rings. The Labute approximate surface area is 195 Å². The van der Waals surface area contributed by atoms with Crippen molar-refractivity contribution >= 4 is 30.7 Å². The molecule has 8 heteroatoms. The quantitative estimate of drug-likeness (QED) is 0.563. The van der Waals surface area contributed by atoms with E-state index in [0.717, 1.165) is 32.8 Å². The Kier molecular flexibility index (Phi) is 7.30. The molecule has 0 spiro atoms. The average Bonchev–Trinajstić information content (AvgIpc) is 3.17. The summed E-state index contributed by atoms with van der Waals surface area (Å²) in [6, 6.07) is 6.87. The third kappa shape index (κ3) is 5.38. The van der Waals surface area contributed by atoms with Crippen molar-refractivity contribution in [2.24, 2.45) is 0 Å². The number of halogens is 3. The Morgan fingerprint density at radius 3 is 2.28 bits per heavy atom. The molecule has 0 aliphatic carbocycles. The van der Waals surface area contributed by atoms with Crippen LogP contribution in [0.25, 0.3) is 0 Å². The Bertz CT molecular complexity index is 883. The molecule has 2 saturated heterocycles. The van der Waals surface area contributed by atoms with Crippen LogP contribution in [0.5, 0.6) is 0 Å². The van der Waals surface area contributed by atoms with E-state index in [1.54, 1.807) is 17.0 Å². The number of hydrogen-bond acceptors (Lipinski definition) is 3. The molecule has 0 atom stereocenters. The maximum atomic E-state index is 13.6. The summed E-state index contributed by atoms with van der Waals surface area (Å²) in [6.45, 7) is 6.48. The van der Waals surface area contributed by atoms with Crippen molar-refractivity contribution in [1.82, 2.24) is 9.80 Å². The molecule has 0 bridgehead atoms. The molecule has 3 heterocycles. The standard InChI is InChI=1S/C18H26F2N2O2.C6H4F.In/c1-15(2)21-10-6-16(7-11-21)24-14-4-3-5-17(23)22-12-8-18(19,20)9-13-22;7-6-4-2-1-3-5-6;/h3-4,15-16H,6-13H2,1-2H3;2-5H;. The number of hydrogen-bond donors (Lipinski definition) is 0. The van der Waals surface area contributed by atoms with Gasteiger partial charge in [0.25, 0.3) is 0 Å². The summed E-state index contributed by atoms with van der Waals surface area (Å²) in [7, 11) is 0. The molecule has 3 aliphatic heterocycles. The topological polar surface area (TPSA) is 32.8 Å². The summed E-state index contributed by atoms with van der Waals surface area (Å²) >= 11 is -3.12. The van der Waals surface area contributed by atoms with Gasteiger partial charge in [-0.2, -0.15) is 0 Å². The molecule has 0 N–H and O–H groups in total. The van der Waals surface area contributed by atoms with Crippen molar-refractivity contribution in [3.05, 3.63) is 49.1 Å². The SMILES string of the molecule is CC(C)N1CCC(O[C]2=CC=[C](C(=O)N3CCC(F)(F)CC3)[In]2[c]2ccc(F)cc2)CC1. The van der Waals surface area contributed by atoms with E-state index < -0.39 is 27.4 Å². The van der Waals surface area contributed by atoms with E-state index in [2.05, 4.69) is 18.7 Å². The van der Waals surface area contributed by atoms with E-state index in [4.69, 9.17) is 4.74 Å². The number of rotatable bonds is 5. The molecule has 1 amide bonds. The third-order valence-corrected chi connectivity index (χ3v) is 15.4. The summed E-state index contributed by atoms with van der Waals surface area (Å²) in [5, 5.41) is 0. The van der Waals surface area contributed by atoms with Gasteiger partial charge in [-0.05, 0) is 0 Å². The number of carbonyl (C=O) groups is 1. The fourth-order valence-electron chi connectivity index (χ4n) is 4.74. The zero-order valence-electron chi connectivity index (χ0n) is 18.7. The molecule has 0 saturated carbocycles. The van der Waals surface area contributed by atoms with E-state index in [-0.39, 0.29) is 43.8 Å². The van der Waals surface area contributed by atoms with Gasteiger partial charge in [-0.1, -0.05) is 0 Å². The zero-order valence-corrected chi connectivity index (χ0v) is 22.0. The van der Waals surface area contributed by atoms with Gasteiger partial charge < -0.3 is 0 Å². The van der Waals surface area contributed by atoms with Gasteiger partial charge in [0.05, 0.1) is 0 Å². The molecule has 4 nitrogen and oxygen atoms in total. The van der Waals surface area contributed by atoms with Gasteiger partial charge >= 0.3 is 196 Å². The number of allylic oxidation sites excluding steroid dienone is 2. The Morgan fingerprint density at radius 2 is 1.69 bits per heavy atom. The molecule has 0 unspecified atom stereocenters. The van der Waals surface area contributed by atoms with Crippen molar-refractivity contribution < 1.29 is 22.7 Å². The number of ether oxygens (including phenoxy) is 1. The van der Waals surface area contributed by atoms with Crippen LogP contribution in [0.15, 0.2) is 43.3 Å². The molecular weight excluding hydrogens is 520 g/mol. The second-order valence-electron chi connectivity index (χ2n) is 9.27. The van der Waals surface area contributed by atoms with Crippen LogP contribution in [0.1, 0.15) is 39.5 Å². The summed E-state index contributed by atoms with van der Waals surface area (Å²) in [5.41, 5.74) is 0. The first-order valence-electron chi connectivity index (χ1n) is 11.5. The first-order valence-corrected chi connectivity index (χ1v) is 16.4. The fraction of sp³-hybridized carbons (Fsp3) is 0.542. The molecule has 0 aromatic heterocycles. The van der Waals surface area contributed by atoms with Crippen molar-refractivity contribution in [1.29, 1.82) is 0 Å². The minimum absolute atomic E-state index is 0.0645. The molecule has 0 radical (unpaired) electrons. The van der Waals surface area contributed by atoms with Crippen LogP contribution in [0.2, 0.25) is 0 Å². The van der Waals surface area contributed by atoms with Crippen LogP contribution in [0.4, 0.5) is 13.2 Å². The molecule has 1 aromatic rings. The molecule has 32 heavy (non-hydrogen) atoms. The monoisotopic (exact) mass is 550 g/mol. The molecule has 172 valence electrons. The number of nitrogens with zero attached hydrogens (tertiary/aromatic N) is 2. The third-order valence-electron chi connectivity index (χ3n) is 6.76. The number of piperidine rings is 2. The molecule has 4 rings (SSSR count). The number of carbonyl (C=O) groups excluding carboxylic acids is 1. The van der Waals surface area contributed by atoms with Crippen LogP contribution in [-0.2, 0) is 9.53 Å². The van der Waals surface area contributed by atoms with Crippen molar-refractivity contribution in [3.8, 4) is 0 Å². The number of benzene rings is 1. The molecule has 1 aromatic carbocycles. The normalized spacial score (nSPS) is 22.2. The van der Waals surface area contributed by atoms with Crippen LogP contribution in [-0.4, -0.2) is 81.4 Å². The van der Waals surface area contributed by atoms with Crippen LogP contribution >= 0.6 is 0 Å². The van der Waals surface area contributed by atoms with Gasteiger partial charge in [0.2, 0.25) is 0 Å². The van der Waals surface area contributed by atoms with Crippen LogP contribution in [0, 0.1) is 5.82 Å². The Balaban J connectivity index is 1.49. The predicted octanol–water partition coefficient (Wildman–Crippen LogP) is 3.58. The van der Waals surface area contributed by atoms with E-state index in [1.807, 2.05) is 12.2 Å². The first-order chi connectivity index (χ1) is 15.2. The van der Waals surface area contributed by atoms with Crippen LogP contribution < -0.4 is 3.32 Å². The zero-order chi connectivity index (χ0) is 22.9. The average molecular weight is 550 g/mol. The number of alkyl halides is 2. The fourth-order valence-corrected chi connectivity index (χ4v) is 13.0. The summed E-state index contributed by atoms with van der Waals surface area (Å²) in [6.07, 6.45) is 5.11. The summed E-state index contributed by atoms with van der Waals surface area (Å²) in [5.74, 6) is -3.17. The second-order valence-corrected chi connectivity index (χ2v) is 17.0. The van der Waals surface area contributed by atoms with E-state index >= 15 is 0 Å². The van der Waals surface area contributed by atoms with Gasteiger partial charge in [0, 0.05) is 0 Å². The van der Waals surface area contributed by atoms with Gasteiger partial charge in [0.1, 0.15) is 0 Å². The van der Waals surface area contributed by atoms with E-state index in [0.29, 0.717) is 9.37 Å². The Morgan fingerprint density at radius 1 is 1.06 bits per heavy atom. The van der Waals surface area contributed by atoms with E-state index in [1.165, 1.54) is 12.1 Å². The number of likely N-dealkylation sites (tertiary alicyclic amines) is 2. The first kappa shape index (κ1) is 23.7. The predicted molar refractivity (Wildman–Crippen MR) is 120 cm³/mol. The molecule has 2 fully saturated rings. The maximum absolute atomic E-state index is 13.6. The van der Waals surface area contributed by atoms with Crippen molar-refractivity contribution in [3.63, 3.8) is 0 Å². The Hall–Kier alpha value is -1.41. The van der Waals surface area contributed by atoms with Gasteiger partial charge in [-0.3, -0.25) is 0 Å². The van der Waals surface area contributed by atoms with Crippen molar-refractivity contribution in [2.75, 3.05) is 26.2 Å². The van der Waals surface area contributed by atoms with Gasteiger partial charge in [-0.25, -0.2) is 0 Å². The van der Waals surface area contributed by atoms with Crippen molar-refractivity contribution in [2.45, 2.75) is 57.6 Å². The van der Waals surface area contributed by atoms with E-state index in [9.17, 15) is 18.0 Å². The van der Waals surface area contributed by atoms with Gasteiger partial charge in [-0.15, -0.1) is 0 Å². The summed E-state index contributed by atoms with van der Waals surface area (Å²) in [4.78, 5) is 17.3. The van der Waals surface area contributed by atoms with Gasteiger partial charge in [0.15, 0.2) is 0 Å². The molecular formula is C24H30F3InN2O2. The van der Waals surface area contributed by atoms with Crippen LogP contribution in [0.3, 0.4) is 0 Å². The number of amides is 1.